The van der Waals surface area contributed by atoms with E-state index >= 15 is 0 Å². The smallest absolute Gasteiger partial charge is 0.264 e. The van der Waals surface area contributed by atoms with E-state index in [0.29, 0.717) is 5.69 Å². The molecular weight excluding hydrogens is 305 g/mol. The van der Waals surface area contributed by atoms with Crippen molar-refractivity contribution in [2.75, 3.05) is 4.72 Å². The zero-order valence-electron chi connectivity index (χ0n) is 10.0. The first-order valence-corrected chi connectivity index (χ1v) is 7.67. The Morgan fingerprint density at radius 3 is 2.16 bits per heavy atom. The van der Waals surface area contributed by atoms with Crippen molar-refractivity contribution in [2.24, 2.45) is 0 Å². The minimum atomic E-state index is -3.81. The highest BCUT2D eigenvalue weighted by atomic mass is 35.5. The van der Waals surface area contributed by atoms with Gasteiger partial charge in [-0.25, -0.2) is 8.42 Å². The van der Waals surface area contributed by atoms with Gasteiger partial charge < -0.3 is 0 Å². The zero-order chi connectivity index (χ0) is 14.0. The maximum atomic E-state index is 12.3. The molecule has 2 rings (SSSR count). The second-order valence-electron chi connectivity index (χ2n) is 4.03. The Morgan fingerprint density at radius 1 is 1.00 bits per heavy atom. The third kappa shape index (κ3) is 3.21. The molecule has 2 aromatic carbocycles. The van der Waals surface area contributed by atoms with Crippen LogP contribution in [0.4, 0.5) is 5.69 Å². The monoisotopic (exact) mass is 315 g/mol. The predicted molar refractivity (Wildman–Crippen MR) is 78.4 cm³/mol. The highest BCUT2D eigenvalue weighted by Gasteiger charge is 2.21. The van der Waals surface area contributed by atoms with Gasteiger partial charge in [-0.2, -0.15) is 0 Å². The number of hydrogen-bond acceptors (Lipinski definition) is 2. The zero-order valence-corrected chi connectivity index (χ0v) is 12.4. The molecule has 0 atom stereocenters. The minimum absolute atomic E-state index is 0.0904. The number of halogens is 2. The molecule has 0 spiro atoms. The number of rotatable bonds is 3. The second kappa shape index (κ2) is 5.41. The van der Waals surface area contributed by atoms with E-state index in [0.717, 1.165) is 5.56 Å². The fraction of sp³-hybridized carbons (Fsp3) is 0.0769. The van der Waals surface area contributed by atoms with Gasteiger partial charge in [-0.05, 0) is 36.8 Å². The van der Waals surface area contributed by atoms with Crippen molar-refractivity contribution in [1.82, 2.24) is 0 Å². The van der Waals surface area contributed by atoms with Crippen LogP contribution < -0.4 is 4.72 Å². The molecule has 19 heavy (non-hydrogen) atoms. The van der Waals surface area contributed by atoms with Gasteiger partial charge in [-0.3, -0.25) is 4.72 Å². The molecule has 0 saturated carbocycles. The van der Waals surface area contributed by atoms with Crippen LogP contribution in [0.1, 0.15) is 5.56 Å². The number of benzene rings is 2. The van der Waals surface area contributed by atoms with Crippen LogP contribution in [-0.4, -0.2) is 8.42 Å². The van der Waals surface area contributed by atoms with Crippen LogP contribution in [0, 0.1) is 6.92 Å². The molecule has 6 heteroatoms. The molecule has 0 bridgehead atoms. The van der Waals surface area contributed by atoms with Crippen molar-refractivity contribution < 1.29 is 8.42 Å². The molecule has 0 fully saturated rings. The van der Waals surface area contributed by atoms with Crippen LogP contribution in [0.25, 0.3) is 0 Å². The van der Waals surface area contributed by atoms with E-state index in [1.54, 1.807) is 24.3 Å². The van der Waals surface area contributed by atoms with Crippen molar-refractivity contribution in [1.29, 1.82) is 0 Å². The summed E-state index contributed by atoms with van der Waals surface area (Å²) in [6.45, 7) is 1.88. The molecule has 0 aliphatic heterocycles. The predicted octanol–water partition coefficient (Wildman–Crippen LogP) is 4.10. The van der Waals surface area contributed by atoms with Gasteiger partial charge >= 0.3 is 0 Å². The Balaban J connectivity index is 2.44. The van der Waals surface area contributed by atoms with Crippen LogP contribution in [0.2, 0.25) is 10.0 Å². The highest BCUT2D eigenvalue weighted by Crippen LogP contribution is 2.30. The van der Waals surface area contributed by atoms with Crippen molar-refractivity contribution in [2.45, 2.75) is 11.8 Å². The fourth-order valence-electron chi connectivity index (χ4n) is 1.65. The van der Waals surface area contributed by atoms with Crippen molar-refractivity contribution in [3.63, 3.8) is 0 Å². The first-order chi connectivity index (χ1) is 8.90. The van der Waals surface area contributed by atoms with Crippen LogP contribution >= 0.6 is 23.2 Å². The normalized spacial score (nSPS) is 11.3. The van der Waals surface area contributed by atoms with E-state index in [-0.39, 0.29) is 14.9 Å². The van der Waals surface area contributed by atoms with Gasteiger partial charge in [-0.15, -0.1) is 0 Å². The van der Waals surface area contributed by atoms with Crippen LogP contribution in [0.3, 0.4) is 0 Å². The molecule has 0 aliphatic rings. The molecule has 3 nitrogen and oxygen atoms in total. The fourth-order valence-corrected chi connectivity index (χ4v) is 3.85. The molecule has 0 unspecified atom stereocenters. The first-order valence-electron chi connectivity index (χ1n) is 5.43. The Morgan fingerprint density at radius 2 is 1.58 bits per heavy atom. The van der Waals surface area contributed by atoms with Gasteiger partial charge in [0.2, 0.25) is 0 Å². The minimum Gasteiger partial charge on any atom is -0.280 e. The standard InChI is InChI=1S/C13H11Cl2NO2S/c1-9-4-2-5-10(8-9)16-19(17,18)13-11(14)6-3-7-12(13)15/h2-8,16H,1H3. The molecule has 0 aliphatic carbocycles. The molecule has 100 valence electrons. The maximum Gasteiger partial charge on any atom is 0.264 e. The number of nitrogens with one attached hydrogen (secondary N) is 1. The van der Waals surface area contributed by atoms with Crippen molar-refractivity contribution in [3.05, 3.63) is 58.1 Å². The lowest BCUT2D eigenvalue weighted by Gasteiger charge is -2.11. The van der Waals surface area contributed by atoms with Crippen molar-refractivity contribution in [3.8, 4) is 0 Å². The lowest BCUT2D eigenvalue weighted by atomic mass is 10.2. The molecular formula is C13H11Cl2NO2S. The summed E-state index contributed by atoms with van der Waals surface area (Å²) >= 11 is 11.8. The number of anilines is 1. The van der Waals surface area contributed by atoms with Gasteiger partial charge in [-0.1, -0.05) is 41.4 Å². The Labute approximate surface area is 122 Å². The van der Waals surface area contributed by atoms with E-state index in [1.165, 1.54) is 12.1 Å². The van der Waals surface area contributed by atoms with Crippen LogP contribution in [0.15, 0.2) is 47.4 Å². The summed E-state index contributed by atoms with van der Waals surface area (Å²) in [5.74, 6) is 0. The van der Waals surface area contributed by atoms with Gasteiger partial charge in [0.25, 0.3) is 10.0 Å². The van der Waals surface area contributed by atoms with Gasteiger partial charge in [0.05, 0.1) is 10.0 Å². The maximum absolute atomic E-state index is 12.3. The summed E-state index contributed by atoms with van der Waals surface area (Å²) in [5.41, 5.74) is 1.42. The van der Waals surface area contributed by atoms with E-state index < -0.39 is 10.0 Å². The van der Waals surface area contributed by atoms with E-state index in [1.807, 2.05) is 13.0 Å². The molecule has 0 amide bonds. The lowest BCUT2D eigenvalue weighted by molar-refractivity contribution is 0.601. The molecule has 1 N–H and O–H groups in total. The summed E-state index contributed by atoms with van der Waals surface area (Å²) in [4.78, 5) is -0.111. The highest BCUT2D eigenvalue weighted by molar-refractivity contribution is 7.93. The van der Waals surface area contributed by atoms with E-state index in [4.69, 9.17) is 23.2 Å². The molecule has 0 aromatic heterocycles. The topological polar surface area (TPSA) is 46.2 Å². The Kier molecular flexibility index (Phi) is 4.04. The summed E-state index contributed by atoms with van der Waals surface area (Å²) in [7, 11) is -3.81. The van der Waals surface area contributed by atoms with Gasteiger partial charge in [0, 0.05) is 5.69 Å². The summed E-state index contributed by atoms with van der Waals surface area (Å²) in [6.07, 6.45) is 0. The third-order valence-electron chi connectivity index (χ3n) is 2.46. The first kappa shape index (κ1) is 14.2. The number of aryl methyl sites for hydroxylation is 1. The summed E-state index contributed by atoms with van der Waals surface area (Å²) < 4.78 is 27.0. The molecule has 2 aromatic rings. The van der Waals surface area contributed by atoms with E-state index in [9.17, 15) is 8.42 Å². The van der Waals surface area contributed by atoms with Gasteiger partial charge in [0.1, 0.15) is 4.90 Å². The lowest BCUT2D eigenvalue weighted by Crippen LogP contribution is -2.14. The van der Waals surface area contributed by atoms with Crippen LogP contribution in [-0.2, 0) is 10.0 Å². The van der Waals surface area contributed by atoms with E-state index in [2.05, 4.69) is 4.72 Å². The molecule has 0 saturated heterocycles. The summed E-state index contributed by atoms with van der Waals surface area (Å²) in [6, 6.07) is 11.6. The molecule has 0 radical (unpaired) electrons. The Hall–Kier alpha value is -1.23. The van der Waals surface area contributed by atoms with Gasteiger partial charge in [0.15, 0.2) is 0 Å². The number of hydrogen-bond donors (Lipinski definition) is 1. The summed E-state index contributed by atoms with van der Waals surface area (Å²) in [5, 5.41) is 0.181. The molecule has 0 heterocycles. The average Bonchev–Trinajstić information content (AvgIpc) is 2.27. The SMILES string of the molecule is Cc1cccc(NS(=O)(=O)c2c(Cl)cccc2Cl)c1. The quantitative estimate of drug-likeness (QED) is 0.926. The number of sulfonamides is 1. The second-order valence-corrected chi connectivity index (χ2v) is 6.46. The average molecular weight is 316 g/mol. The van der Waals surface area contributed by atoms with Crippen LogP contribution in [0.5, 0.6) is 0 Å². The Bertz CT molecular complexity index is 694. The third-order valence-corrected chi connectivity index (χ3v) is 4.79. The van der Waals surface area contributed by atoms with Crippen molar-refractivity contribution >= 4 is 38.9 Å². The largest absolute Gasteiger partial charge is 0.280 e.